The fourth-order valence-electron chi connectivity index (χ4n) is 1.94. The summed E-state index contributed by atoms with van der Waals surface area (Å²) in [5.74, 6) is 0. The molecule has 3 aromatic rings. The van der Waals surface area contributed by atoms with Gasteiger partial charge in [0, 0.05) is 29.6 Å². The molecule has 0 fully saturated rings. The lowest BCUT2D eigenvalue weighted by molar-refractivity contribution is 0.591. The van der Waals surface area contributed by atoms with Gasteiger partial charge in [0.25, 0.3) is 0 Å². The van der Waals surface area contributed by atoms with E-state index < -0.39 is 0 Å². The minimum atomic E-state index is 0.481. The zero-order valence-electron chi connectivity index (χ0n) is 11.0. The number of hydrogen-bond acceptors (Lipinski definition) is 4. The van der Waals surface area contributed by atoms with E-state index in [4.69, 9.17) is 11.6 Å². The fourth-order valence-corrected chi connectivity index (χ4v) is 2.95. The molecule has 0 amide bonds. The molecule has 0 radical (unpaired) electrons. The molecule has 20 heavy (non-hydrogen) atoms. The molecular weight excluding hydrogens is 292 g/mol. The van der Waals surface area contributed by atoms with Gasteiger partial charge < -0.3 is 0 Å². The molecule has 4 nitrogen and oxygen atoms in total. The normalized spacial score (nSPS) is 10.9. The van der Waals surface area contributed by atoms with Gasteiger partial charge in [-0.3, -0.25) is 4.68 Å². The van der Waals surface area contributed by atoms with Crippen molar-refractivity contribution in [3.05, 3.63) is 51.6 Å². The summed E-state index contributed by atoms with van der Waals surface area (Å²) >= 11 is 7.56. The van der Waals surface area contributed by atoms with Gasteiger partial charge in [0.15, 0.2) is 0 Å². The molecule has 0 saturated heterocycles. The van der Waals surface area contributed by atoms with Gasteiger partial charge in [-0.15, -0.1) is 16.4 Å². The molecule has 0 aliphatic rings. The van der Waals surface area contributed by atoms with E-state index in [1.807, 2.05) is 16.9 Å². The topological polar surface area (TPSA) is 43.6 Å². The number of nitrogens with zero attached hydrogens (tertiary/aromatic N) is 4. The van der Waals surface area contributed by atoms with Crippen LogP contribution in [0.3, 0.4) is 0 Å². The maximum atomic E-state index is 5.77. The number of thiophene rings is 1. The van der Waals surface area contributed by atoms with E-state index in [2.05, 4.69) is 33.7 Å². The predicted octanol–water partition coefficient (Wildman–Crippen LogP) is 3.61. The van der Waals surface area contributed by atoms with E-state index in [-0.39, 0.29) is 0 Å². The first kappa shape index (κ1) is 13.3. The Morgan fingerprint density at radius 3 is 2.90 bits per heavy atom. The Morgan fingerprint density at radius 2 is 2.20 bits per heavy atom. The highest BCUT2D eigenvalue weighted by atomic mass is 35.5. The standard InChI is InChI=1S/C14H13ClN4S/c1-10-5-7-20-13(10)4-6-19-9-12(17-18-19)11-2-3-14(15)16-8-11/h2-3,5,7-9H,4,6H2,1H3. The summed E-state index contributed by atoms with van der Waals surface area (Å²) in [5, 5.41) is 10.9. The van der Waals surface area contributed by atoms with Crippen molar-refractivity contribution in [3.63, 3.8) is 0 Å². The summed E-state index contributed by atoms with van der Waals surface area (Å²) < 4.78 is 1.86. The van der Waals surface area contributed by atoms with Crippen molar-refractivity contribution in [1.82, 2.24) is 20.0 Å². The summed E-state index contributed by atoms with van der Waals surface area (Å²) in [4.78, 5) is 5.45. The second-order valence-corrected chi connectivity index (χ2v) is 5.90. The molecule has 0 saturated carbocycles. The van der Waals surface area contributed by atoms with Crippen molar-refractivity contribution in [1.29, 1.82) is 0 Å². The van der Waals surface area contributed by atoms with Crippen LogP contribution in [-0.2, 0) is 13.0 Å². The van der Waals surface area contributed by atoms with E-state index in [0.717, 1.165) is 24.2 Å². The predicted molar refractivity (Wildman–Crippen MR) is 81.0 cm³/mol. The number of aromatic nitrogens is 4. The minimum absolute atomic E-state index is 0.481. The van der Waals surface area contributed by atoms with Gasteiger partial charge in [0.1, 0.15) is 10.8 Å². The number of pyridine rings is 1. The maximum Gasteiger partial charge on any atom is 0.129 e. The molecule has 0 aliphatic carbocycles. The van der Waals surface area contributed by atoms with Gasteiger partial charge in [-0.1, -0.05) is 16.8 Å². The van der Waals surface area contributed by atoms with Crippen LogP contribution in [0.2, 0.25) is 5.15 Å². The molecule has 0 spiro atoms. The average Bonchev–Trinajstić information content (AvgIpc) is 3.06. The van der Waals surface area contributed by atoms with Crippen molar-refractivity contribution in [3.8, 4) is 11.3 Å². The molecule has 0 unspecified atom stereocenters. The Balaban J connectivity index is 1.71. The average molecular weight is 305 g/mol. The largest absolute Gasteiger partial charge is 0.252 e. The Bertz CT molecular complexity index is 702. The molecule has 0 N–H and O–H groups in total. The van der Waals surface area contributed by atoms with Gasteiger partial charge in [-0.2, -0.15) is 0 Å². The maximum absolute atomic E-state index is 5.77. The number of rotatable bonds is 4. The summed E-state index contributed by atoms with van der Waals surface area (Å²) in [6.45, 7) is 2.97. The molecule has 102 valence electrons. The van der Waals surface area contributed by atoms with Crippen LogP contribution in [0.15, 0.2) is 36.0 Å². The van der Waals surface area contributed by atoms with E-state index in [1.165, 1.54) is 10.4 Å². The lowest BCUT2D eigenvalue weighted by Crippen LogP contribution is -2.01. The van der Waals surface area contributed by atoms with Crippen LogP contribution in [0.4, 0.5) is 0 Å². The van der Waals surface area contributed by atoms with E-state index in [0.29, 0.717) is 5.15 Å². The van der Waals surface area contributed by atoms with Crippen LogP contribution in [0.5, 0.6) is 0 Å². The number of hydrogen-bond donors (Lipinski definition) is 0. The van der Waals surface area contributed by atoms with Crippen LogP contribution >= 0.6 is 22.9 Å². The quantitative estimate of drug-likeness (QED) is 0.692. The molecule has 3 heterocycles. The van der Waals surface area contributed by atoms with Crippen molar-refractivity contribution >= 4 is 22.9 Å². The smallest absolute Gasteiger partial charge is 0.129 e. The first-order chi connectivity index (χ1) is 9.72. The summed E-state index contributed by atoms with van der Waals surface area (Å²) in [7, 11) is 0. The Hall–Kier alpha value is -1.72. The zero-order chi connectivity index (χ0) is 13.9. The van der Waals surface area contributed by atoms with Crippen LogP contribution in [0.1, 0.15) is 10.4 Å². The number of aryl methyl sites for hydroxylation is 3. The number of halogens is 1. The highest BCUT2D eigenvalue weighted by molar-refractivity contribution is 7.10. The lowest BCUT2D eigenvalue weighted by Gasteiger charge is -1.99. The van der Waals surface area contributed by atoms with Crippen molar-refractivity contribution in [2.75, 3.05) is 0 Å². The van der Waals surface area contributed by atoms with Crippen molar-refractivity contribution in [2.45, 2.75) is 19.9 Å². The fraction of sp³-hybridized carbons (Fsp3) is 0.214. The van der Waals surface area contributed by atoms with Crippen LogP contribution in [0.25, 0.3) is 11.3 Å². The highest BCUT2D eigenvalue weighted by Gasteiger charge is 2.06. The Labute approximate surface area is 126 Å². The van der Waals surface area contributed by atoms with Crippen molar-refractivity contribution < 1.29 is 0 Å². The molecule has 0 aromatic carbocycles. The van der Waals surface area contributed by atoms with Gasteiger partial charge in [-0.05, 0) is 36.1 Å². The van der Waals surface area contributed by atoms with Crippen LogP contribution in [-0.4, -0.2) is 20.0 Å². The summed E-state index contributed by atoms with van der Waals surface area (Å²) in [5.41, 5.74) is 3.09. The van der Waals surface area contributed by atoms with Crippen molar-refractivity contribution in [2.24, 2.45) is 0 Å². The van der Waals surface area contributed by atoms with Gasteiger partial charge >= 0.3 is 0 Å². The summed E-state index contributed by atoms with van der Waals surface area (Å²) in [6.07, 6.45) is 4.62. The van der Waals surface area contributed by atoms with E-state index >= 15 is 0 Å². The monoisotopic (exact) mass is 304 g/mol. The molecule has 0 aliphatic heterocycles. The van der Waals surface area contributed by atoms with Crippen LogP contribution < -0.4 is 0 Å². The molecule has 6 heteroatoms. The zero-order valence-corrected chi connectivity index (χ0v) is 12.5. The van der Waals surface area contributed by atoms with Gasteiger partial charge in [0.2, 0.25) is 0 Å². The van der Waals surface area contributed by atoms with E-state index in [1.54, 1.807) is 23.6 Å². The SMILES string of the molecule is Cc1ccsc1CCn1cc(-c2ccc(Cl)nc2)nn1. The lowest BCUT2D eigenvalue weighted by atomic mass is 10.2. The third-order valence-corrected chi connectivity index (χ3v) is 4.40. The third kappa shape index (κ3) is 2.89. The van der Waals surface area contributed by atoms with Gasteiger partial charge in [0.05, 0.1) is 6.20 Å². The first-order valence-corrected chi connectivity index (χ1v) is 7.53. The van der Waals surface area contributed by atoms with Gasteiger partial charge in [-0.25, -0.2) is 4.98 Å². The van der Waals surface area contributed by atoms with E-state index in [9.17, 15) is 0 Å². The minimum Gasteiger partial charge on any atom is -0.252 e. The molecule has 3 aromatic heterocycles. The molecule has 0 bridgehead atoms. The Kier molecular flexibility index (Phi) is 3.80. The second kappa shape index (κ2) is 5.73. The third-order valence-electron chi connectivity index (χ3n) is 3.10. The molecular formula is C14H13ClN4S. The second-order valence-electron chi connectivity index (χ2n) is 4.51. The Morgan fingerprint density at radius 1 is 1.30 bits per heavy atom. The molecule has 0 atom stereocenters. The molecule has 3 rings (SSSR count). The van der Waals surface area contributed by atoms with Crippen LogP contribution in [0, 0.1) is 6.92 Å². The first-order valence-electron chi connectivity index (χ1n) is 6.27. The highest BCUT2D eigenvalue weighted by Crippen LogP contribution is 2.18. The summed E-state index contributed by atoms with van der Waals surface area (Å²) in [6, 6.07) is 5.80.